The molecule has 8 rings (SSSR count). The highest BCUT2D eigenvalue weighted by Crippen LogP contribution is 2.64. The maximum absolute atomic E-state index is 13.3. The molecule has 0 saturated heterocycles. The van der Waals surface area contributed by atoms with Crippen LogP contribution < -0.4 is 0 Å². The number of hydrogen-bond donors (Lipinski definition) is 0. The summed E-state index contributed by atoms with van der Waals surface area (Å²) in [5, 5.41) is 0. The minimum Gasteiger partial charge on any atom is -0.456 e. The Labute approximate surface area is 250 Å². The van der Waals surface area contributed by atoms with Crippen LogP contribution in [-0.2, 0) is 9.47 Å². The molecular formula is C38H32O5. The molecule has 2 bridgehead atoms. The van der Waals surface area contributed by atoms with Crippen LogP contribution in [0, 0.1) is 23.7 Å². The van der Waals surface area contributed by atoms with Gasteiger partial charge in [-0.2, -0.15) is 0 Å². The number of ether oxygens (including phenoxy) is 2. The Hall–Kier alpha value is -4.64. The normalized spacial score (nSPS) is 26.9. The van der Waals surface area contributed by atoms with Gasteiger partial charge in [0, 0.05) is 23.0 Å². The summed E-state index contributed by atoms with van der Waals surface area (Å²) < 4.78 is 18.9. The first-order chi connectivity index (χ1) is 21.2. The Bertz CT molecular complexity index is 1730. The molecule has 43 heavy (non-hydrogen) atoms. The van der Waals surface area contributed by atoms with Crippen molar-refractivity contribution < 1.29 is 23.5 Å². The largest absolute Gasteiger partial charge is 0.456 e. The second-order valence-corrected chi connectivity index (χ2v) is 12.1. The van der Waals surface area contributed by atoms with Crippen molar-refractivity contribution in [1.29, 1.82) is 0 Å². The van der Waals surface area contributed by atoms with Gasteiger partial charge >= 0.3 is 11.9 Å². The van der Waals surface area contributed by atoms with Gasteiger partial charge < -0.3 is 13.9 Å². The van der Waals surface area contributed by atoms with Crippen LogP contribution >= 0.6 is 0 Å². The molecule has 0 amide bonds. The summed E-state index contributed by atoms with van der Waals surface area (Å²) in [6.45, 7) is 0. The van der Waals surface area contributed by atoms with E-state index in [0.717, 1.165) is 42.8 Å². The Morgan fingerprint density at radius 2 is 1.23 bits per heavy atom. The molecule has 4 aliphatic rings. The van der Waals surface area contributed by atoms with E-state index in [4.69, 9.17) is 13.9 Å². The number of benzene rings is 3. The van der Waals surface area contributed by atoms with E-state index in [2.05, 4.69) is 30.3 Å². The number of allylic oxidation sites excluding steroid dienone is 4. The quantitative estimate of drug-likeness (QED) is 0.220. The molecule has 4 aromatic rings. The molecule has 0 N–H and O–H groups in total. The molecule has 4 aliphatic carbocycles. The highest BCUT2D eigenvalue weighted by atomic mass is 16.6. The van der Waals surface area contributed by atoms with E-state index in [9.17, 15) is 9.59 Å². The lowest BCUT2D eigenvalue weighted by Gasteiger charge is -2.38. The number of rotatable bonds is 6. The van der Waals surface area contributed by atoms with Crippen molar-refractivity contribution in [3.05, 3.63) is 137 Å². The molecule has 5 unspecified atom stereocenters. The van der Waals surface area contributed by atoms with Crippen molar-refractivity contribution in [1.82, 2.24) is 0 Å². The lowest BCUT2D eigenvalue weighted by Crippen LogP contribution is -2.46. The van der Waals surface area contributed by atoms with Gasteiger partial charge in [0.25, 0.3) is 0 Å². The molecule has 0 radical (unpaired) electrons. The van der Waals surface area contributed by atoms with E-state index in [1.54, 1.807) is 24.3 Å². The van der Waals surface area contributed by atoms with Crippen LogP contribution in [0.25, 0.3) is 16.9 Å². The van der Waals surface area contributed by atoms with Crippen molar-refractivity contribution in [2.24, 2.45) is 23.7 Å². The summed E-state index contributed by atoms with van der Waals surface area (Å²) in [6.07, 6.45) is 5.13. The van der Waals surface area contributed by atoms with Crippen LogP contribution in [0.1, 0.15) is 52.2 Å². The predicted octanol–water partition coefficient (Wildman–Crippen LogP) is 8.16. The maximum atomic E-state index is 13.3. The molecule has 3 aromatic carbocycles. The Kier molecular flexibility index (Phi) is 6.40. The summed E-state index contributed by atoms with van der Waals surface area (Å²) in [5.74, 6) is 1.93. The molecule has 0 aliphatic heterocycles. The zero-order valence-electron chi connectivity index (χ0n) is 23.7. The number of hydrogen-bond acceptors (Lipinski definition) is 5. The lowest BCUT2D eigenvalue weighted by molar-refractivity contribution is -0.0747. The third-order valence-corrected chi connectivity index (χ3v) is 9.94. The van der Waals surface area contributed by atoms with E-state index in [-0.39, 0.29) is 23.8 Å². The second-order valence-electron chi connectivity index (χ2n) is 12.1. The van der Waals surface area contributed by atoms with Gasteiger partial charge in [0.1, 0.15) is 23.7 Å². The number of carbonyl (C=O) groups is 2. The van der Waals surface area contributed by atoms with Gasteiger partial charge in [0.15, 0.2) is 0 Å². The smallest absolute Gasteiger partial charge is 0.338 e. The van der Waals surface area contributed by atoms with Gasteiger partial charge in [-0.25, -0.2) is 9.59 Å². The van der Waals surface area contributed by atoms with E-state index >= 15 is 0 Å². The van der Waals surface area contributed by atoms with E-state index in [1.165, 1.54) is 16.7 Å². The fourth-order valence-corrected chi connectivity index (χ4v) is 8.21. The van der Waals surface area contributed by atoms with Gasteiger partial charge in [-0.15, -0.1) is 0 Å². The first-order valence-electron chi connectivity index (χ1n) is 15.3. The highest BCUT2D eigenvalue weighted by molar-refractivity contribution is 5.90. The molecule has 2 fully saturated rings. The van der Waals surface area contributed by atoms with E-state index < -0.39 is 12.2 Å². The van der Waals surface area contributed by atoms with Crippen molar-refractivity contribution in [3.63, 3.8) is 0 Å². The molecule has 0 spiro atoms. The minimum atomic E-state index is -0.485. The van der Waals surface area contributed by atoms with Gasteiger partial charge in [0.2, 0.25) is 0 Å². The van der Waals surface area contributed by atoms with Crippen LogP contribution in [0.5, 0.6) is 0 Å². The first kappa shape index (κ1) is 26.0. The molecule has 5 nitrogen and oxygen atoms in total. The van der Waals surface area contributed by atoms with E-state index in [0.29, 0.717) is 23.0 Å². The summed E-state index contributed by atoms with van der Waals surface area (Å²) in [6, 6.07) is 32.5. The van der Waals surface area contributed by atoms with Crippen LogP contribution in [0.2, 0.25) is 0 Å². The molecule has 1 aromatic heterocycles. The Balaban J connectivity index is 1.10. The van der Waals surface area contributed by atoms with E-state index in [1.807, 2.05) is 54.6 Å². The molecule has 214 valence electrons. The number of furan rings is 1. The maximum Gasteiger partial charge on any atom is 0.338 e. The summed E-state index contributed by atoms with van der Waals surface area (Å²) in [4.78, 5) is 26.6. The highest BCUT2D eigenvalue weighted by Gasteiger charge is 2.64. The number of esters is 2. The average molecular weight is 569 g/mol. The first-order valence-corrected chi connectivity index (χ1v) is 15.3. The molecular weight excluding hydrogens is 536 g/mol. The van der Waals surface area contributed by atoms with Gasteiger partial charge in [0.05, 0.1) is 11.1 Å². The molecule has 6 atom stereocenters. The van der Waals surface area contributed by atoms with Crippen LogP contribution in [0.3, 0.4) is 0 Å². The number of fused-ring (bicyclic) bond motifs is 6. The summed E-state index contributed by atoms with van der Waals surface area (Å²) in [7, 11) is 0. The van der Waals surface area contributed by atoms with Crippen molar-refractivity contribution in [2.45, 2.75) is 37.9 Å². The second kappa shape index (κ2) is 10.6. The van der Waals surface area contributed by atoms with Crippen LogP contribution in [0.4, 0.5) is 0 Å². The zero-order valence-corrected chi connectivity index (χ0v) is 23.7. The van der Waals surface area contributed by atoms with Gasteiger partial charge in [-0.05, 0) is 79.5 Å². The SMILES string of the molecule is O=C(OC1C2CC(C1OC(=O)c1ccccc1)[C@@H]1CC3=C(CCC=C3c3ccc(-c4ccccc4)o3)C21)c1ccccc1. The van der Waals surface area contributed by atoms with Crippen molar-refractivity contribution >= 4 is 17.5 Å². The van der Waals surface area contributed by atoms with Gasteiger partial charge in [-0.3, -0.25) is 0 Å². The predicted molar refractivity (Wildman–Crippen MR) is 163 cm³/mol. The number of carbonyl (C=O) groups excluding carboxylic acids is 2. The third kappa shape index (κ3) is 4.46. The summed E-state index contributed by atoms with van der Waals surface area (Å²) >= 11 is 0. The minimum absolute atomic E-state index is 0.111. The molecule has 1 heterocycles. The Morgan fingerprint density at radius 1 is 0.651 bits per heavy atom. The monoisotopic (exact) mass is 568 g/mol. The standard InChI is InChI=1S/C38H32O5/c39-37(24-13-6-2-7-14-24)42-35-30-22-31(36(35)43-38(40)25-15-8-3-9-16-25)34-27-18-10-17-26(28(27)21-29(30)34)33-20-19-32(41-33)23-11-4-1-5-12-23/h1-9,11-17,19-20,29-31,34-36H,10,18,21-22H2/t29-,30?,31?,34?,35?,36?/m0/s1. The third-order valence-electron chi connectivity index (χ3n) is 9.94. The topological polar surface area (TPSA) is 65.7 Å². The van der Waals surface area contributed by atoms with Gasteiger partial charge in [-0.1, -0.05) is 78.4 Å². The average Bonchev–Trinajstić information content (AvgIpc) is 3.84. The lowest BCUT2D eigenvalue weighted by atomic mass is 9.75. The van der Waals surface area contributed by atoms with Crippen molar-refractivity contribution in [3.8, 4) is 11.3 Å². The fourth-order valence-electron chi connectivity index (χ4n) is 8.21. The summed E-state index contributed by atoms with van der Waals surface area (Å²) in [5.41, 5.74) is 6.11. The molecule has 5 heteroatoms. The zero-order chi connectivity index (χ0) is 28.9. The van der Waals surface area contributed by atoms with Crippen molar-refractivity contribution in [2.75, 3.05) is 0 Å². The molecule has 2 saturated carbocycles. The van der Waals surface area contributed by atoms with Crippen LogP contribution in [-0.4, -0.2) is 24.1 Å². The van der Waals surface area contributed by atoms with Crippen LogP contribution in [0.15, 0.2) is 125 Å². The fraction of sp³-hybridized carbons (Fsp3) is 0.263. The Morgan fingerprint density at radius 3 is 1.88 bits per heavy atom.